The molecule has 0 fully saturated rings. The van der Waals surface area contributed by atoms with E-state index in [0.29, 0.717) is 37.4 Å². The number of anilines is 1. The lowest BCUT2D eigenvalue weighted by Crippen LogP contribution is -2.10. The minimum absolute atomic E-state index is 0.262. The summed E-state index contributed by atoms with van der Waals surface area (Å²) in [5.74, 6) is 1.04. The van der Waals surface area contributed by atoms with Gasteiger partial charge >= 0.3 is 11.6 Å². The molecule has 0 radical (unpaired) electrons. The number of hydrogen-bond donors (Lipinski definition) is 1. The molecule has 0 spiro atoms. The lowest BCUT2D eigenvalue weighted by atomic mass is 10.0. The monoisotopic (exact) mass is 516 g/mol. The number of unbranched alkanes of at least 4 members (excludes halogenated alkanes) is 1. The third kappa shape index (κ3) is 5.27. The molecule has 1 aliphatic rings. The van der Waals surface area contributed by atoms with Gasteiger partial charge in [0.25, 0.3) is 0 Å². The molecule has 0 saturated heterocycles. The van der Waals surface area contributed by atoms with E-state index in [1.807, 2.05) is 30.6 Å². The molecule has 12 heteroatoms. The Labute approximate surface area is 210 Å². The van der Waals surface area contributed by atoms with Gasteiger partial charge in [-0.15, -0.1) is 0 Å². The average Bonchev–Trinajstić information content (AvgIpc) is 3.57. The van der Waals surface area contributed by atoms with Crippen molar-refractivity contribution in [2.45, 2.75) is 39.2 Å². The van der Waals surface area contributed by atoms with Crippen LogP contribution in [0.4, 0.5) is 14.7 Å². The molecule has 1 aromatic carbocycles. The predicted molar refractivity (Wildman–Crippen MR) is 131 cm³/mol. The number of hydrogen-bond acceptors (Lipinski definition) is 7. The average molecular weight is 517 g/mol. The molecule has 5 rings (SSSR count). The smallest absolute Gasteiger partial charge is 0.335 e. The van der Waals surface area contributed by atoms with Crippen LogP contribution in [-0.2, 0) is 38.0 Å². The Morgan fingerprint density at radius 2 is 2.06 bits per heavy atom. The van der Waals surface area contributed by atoms with Gasteiger partial charge < -0.3 is 10.1 Å². The first-order valence-electron chi connectivity index (χ1n) is 11.5. The van der Waals surface area contributed by atoms with Crippen molar-refractivity contribution in [2.24, 2.45) is 7.05 Å². The van der Waals surface area contributed by atoms with Gasteiger partial charge in [-0.1, -0.05) is 0 Å². The number of fused-ring (bicyclic) bond motifs is 2. The van der Waals surface area contributed by atoms with Gasteiger partial charge in [0, 0.05) is 43.5 Å². The van der Waals surface area contributed by atoms with Crippen molar-refractivity contribution in [1.82, 2.24) is 24.1 Å². The van der Waals surface area contributed by atoms with Crippen molar-refractivity contribution in [3.05, 3.63) is 58.9 Å². The molecule has 0 unspecified atom stereocenters. The normalized spacial score (nSPS) is 12.1. The molecular formula is C24H26F2N6O3S. The fourth-order valence-electron chi connectivity index (χ4n) is 4.40. The number of aromatic nitrogens is 5. The third-order valence-electron chi connectivity index (χ3n) is 6.00. The van der Waals surface area contributed by atoms with Crippen LogP contribution in [0.1, 0.15) is 35.4 Å². The van der Waals surface area contributed by atoms with Crippen LogP contribution in [-0.4, -0.2) is 45.8 Å². The Balaban J connectivity index is 0.000000967. The van der Waals surface area contributed by atoms with Crippen molar-refractivity contribution in [3.63, 3.8) is 0 Å². The standard InChI is InChI=1S/C24H26F2N6O.O2S/c1-15-11-21(31(2)30-15)19-13-28-24(32-14-16(29-23(19)32)5-3-4-9-25)27-12-18-17-8-10-33-22(17)7-6-20(18)26;1-3-2/h6-7,11,13-14H,3-5,8-10,12H2,1-2H3,(H,27,28);. The van der Waals surface area contributed by atoms with E-state index in [1.165, 1.54) is 6.07 Å². The second-order valence-corrected chi connectivity index (χ2v) is 8.52. The summed E-state index contributed by atoms with van der Waals surface area (Å²) < 4.78 is 53.0. The fourth-order valence-corrected chi connectivity index (χ4v) is 4.40. The quantitative estimate of drug-likeness (QED) is 0.356. The summed E-state index contributed by atoms with van der Waals surface area (Å²) in [6.07, 6.45) is 6.28. The van der Waals surface area contributed by atoms with E-state index in [-0.39, 0.29) is 19.0 Å². The van der Waals surface area contributed by atoms with Gasteiger partial charge in [-0.2, -0.15) is 13.5 Å². The maximum absolute atomic E-state index is 14.6. The van der Waals surface area contributed by atoms with Crippen LogP contribution >= 0.6 is 0 Å². The molecule has 9 nitrogen and oxygen atoms in total. The highest BCUT2D eigenvalue weighted by Gasteiger charge is 2.21. The summed E-state index contributed by atoms with van der Waals surface area (Å²) in [4.78, 5) is 9.47. The van der Waals surface area contributed by atoms with Crippen molar-refractivity contribution >= 4 is 23.2 Å². The summed E-state index contributed by atoms with van der Waals surface area (Å²) >= 11 is -0.750. The lowest BCUT2D eigenvalue weighted by molar-refractivity contribution is 0.356. The second kappa shape index (κ2) is 11.4. The highest BCUT2D eigenvalue weighted by Crippen LogP contribution is 2.31. The summed E-state index contributed by atoms with van der Waals surface area (Å²) in [5.41, 5.74) is 5.74. The van der Waals surface area contributed by atoms with Crippen LogP contribution in [0.15, 0.2) is 30.6 Å². The highest BCUT2D eigenvalue weighted by molar-refractivity contribution is 7.51. The number of aryl methyl sites for hydroxylation is 3. The molecular weight excluding hydrogens is 490 g/mol. The van der Waals surface area contributed by atoms with E-state index < -0.39 is 11.6 Å². The first-order valence-corrected chi connectivity index (χ1v) is 12.2. The lowest BCUT2D eigenvalue weighted by Gasteiger charge is -2.13. The largest absolute Gasteiger partial charge is 0.493 e. The minimum atomic E-state index is -0.750. The van der Waals surface area contributed by atoms with E-state index >= 15 is 0 Å². The van der Waals surface area contributed by atoms with E-state index in [0.717, 1.165) is 46.0 Å². The van der Waals surface area contributed by atoms with Crippen LogP contribution in [0.25, 0.3) is 16.9 Å². The van der Waals surface area contributed by atoms with Gasteiger partial charge in [-0.25, -0.2) is 14.4 Å². The molecule has 1 aliphatic heterocycles. The predicted octanol–water partition coefficient (Wildman–Crippen LogP) is 3.75. The van der Waals surface area contributed by atoms with Crippen LogP contribution in [0, 0.1) is 12.7 Å². The molecule has 3 aromatic heterocycles. The second-order valence-electron chi connectivity index (χ2n) is 8.38. The van der Waals surface area contributed by atoms with Gasteiger partial charge in [0.2, 0.25) is 5.95 Å². The first kappa shape index (κ1) is 25.4. The number of halogens is 2. The Morgan fingerprint density at radius 3 is 2.78 bits per heavy atom. The third-order valence-corrected chi connectivity index (χ3v) is 6.00. The Bertz CT molecular complexity index is 1410. The number of ether oxygens (including phenoxy) is 1. The van der Waals surface area contributed by atoms with E-state index in [9.17, 15) is 8.78 Å². The van der Waals surface area contributed by atoms with Gasteiger partial charge in [0.05, 0.1) is 35.9 Å². The molecule has 0 aliphatic carbocycles. The van der Waals surface area contributed by atoms with Gasteiger partial charge in [0.1, 0.15) is 11.6 Å². The van der Waals surface area contributed by atoms with Crippen molar-refractivity contribution in [2.75, 3.05) is 18.6 Å². The number of rotatable bonds is 8. The zero-order chi connectivity index (χ0) is 25.7. The Hall–Kier alpha value is -3.67. The van der Waals surface area contributed by atoms with Gasteiger partial charge in [-0.05, 0) is 44.4 Å². The summed E-state index contributed by atoms with van der Waals surface area (Å²) in [7, 11) is 1.89. The molecule has 0 saturated carbocycles. The molecule has 1 N–H and O–H groups in total. The van der Waals surface area contributed by atoms with Crippen LogP contribution in [0.5, 0.6) is 5.75 Å². The number of benzene rings is 1. The van der Waals surface area contributed by atoms with Gasteiger partial charge in [-0.3, -0.25) is 13.5 Å². The maximum Gasteiger partial charge on any atom is 0.335 e. The van der Waals surface area contributed by atoms with Crippen molar-refractivity contribution in [3.8, 4) is 17.0 Å². The topological polar surface area (TPSA) is 103 Å². The number of imidazole rings is 1. The van der Waals surface area contributed by atoms with Crippen LogP contribution < -0.4 is 10.1 Å². The fraction of sp³-hybridized carbons (Fsp3) is 0.375. The molecule has 190 valence electrons. The van der Waals surface area contributed by atoms with Crippen LogP contribution in [0.3, 0.4) is 0 Å². The molecule has 4 heterocycles. The first-order chi connectivity index (χ1) is 17.5. The van der Waals surface area contributed by atoms with Gasteiger partial charge in [0.15, 0.2) is 5.65 Å². The molecule has 36 heavy (non-hydrogen) atoms. The van der Waals surface area contributed by atoms with E-state index in [1.54, 1.807) is 16.9 Å². The minimum Gasteiger partial charge on any atom is -0.493 e. The van der Waals surface area contributed by atoms with Crippen molar-refractivity contribution in [1.29, 1.82) is 0 Å². The number of nitrogens with zero attached hydrogens (tertiary/aromatic N) is 5. The Kier molecular flexibility index (Phi) is 8.04. The van der Waals surface area contributed by atoms with E-state index in [2.05, 4.69) is 15.4 Å². The SMILES string of the molecule is Cc1cc(-c2cnc(NCc3c(F)ccc4c3CCO4)n3cc(CCCCF)nc23)n(C)n1.O=S=O. The summed E-state index contributed by atoms with van der Waals surface area (Å²) in [6, 6.07) is 5.12. The van der Waals surface area contributed by atoms with Crippen molar-refractivity contribution < 1.29 is 21.9 Å². The zero-order valence-corrected chi connectivity index (χ0v) is 20.8. The molecule has 0 atom stereocenters. The van der Waals surface area contributed by atoms with Crippen LogP contribution in [0.2, 0.25) is 0 Å². The number of alkyl halides is 1. The summed E-state index contributed by atoms with van der Waals surface area (Å²) in [6.45, 7) is 2.45. The highest BCUT2D eigenvalue weighted by atomic mass is 32.1. The molecule has 4 aromatic rings. The molecule has 0 bridgehead atoms. The number of nitrogens with one attached hydrogen (secondary N) is 1. The maximum atomic E-state index is 14.6. The van der Waals surface area contributed by atoms with E-state index in [4.69, 9.17) is 18.1 Å². The zero-order valence-electron chi connectivity index (χ0n) is 20.0. The molecule has 0 amide bonds. The summed E-state index contributed by atoms with van der Waals surface area (Å²) in [5, 5.41) is 7.73. The Morgan fingerprint density at radius 1 is 1.25 bits per heavy atom.